The van der Waals surface area contributed by atoms with Crippen molar-refractivity contribution in [3.05, 3.63) is 0 Å². The number of amides is 1. The molecule has 1 saturated heterocycles. The van der Waals surface area contributed by atoms with Crippen LogP contribution in [0.25, 0.3) is 0 Å². The van der Waals surface area contributed by atoms with E-state index in [1.807, 2.05) is 0 Å². The van der Waals surface area contributed by atoms with Crippen molar-refractivity contribution in [2.75, 3.05) is 6.54 Å². The van der Waals surface area contributed by atoms with Gasteiger partial charge < -0.3 is 10.6 Å². The number of carbonyl (C=O) groups excluding carboxylic acids is 1. The summed E-state index contributed by atoms with van der Waals surface area (Å²) in [6, 6.07) is 0.798. The van der Waals surface area contributed by atoms with Gasteiger partial charge in [0.2, 0.25) is 5.91 Å². The maximum absolute atomic E-state index is 11.8. The van der Waals surface area contributed by atoms with Crippen LogP contribution in [0.2, 0.25) is 0 Å². The summed E-state index contributed by atoms with van der Waals surface area (Å²) in [6.45, 7) is 3.24. The van der Waals surface area contributed by atoms with Crippen molar-refractivity contribution in [3.63, 3.8) is 0 Å². The molecule has 3 heteroatoms. The van der Waals surface area contributed by atoms with Crippen LogP contribution in [0.3, 0.4) is 0 Å². The Labute approximate surface area is 98.4 Å². The van der Waals surface area contributed by atoms with Gasteiger partial charge in [-0.05, 0) is 45.1 Å². The van der Waals surface area contributed by atoms with Gasteiger partial charge in [0.1, 0.15) is 0 Å². The maximum atomic E-state index is 11.8. The minimum absolute atomic E-state index is 0.235. The highest BCUT2D eigenvalue weighted by Gasteiger charge is 2.24. The standard InChI is InChI=1S/C13H24N2O/c1-10(11-5-2-3-6-11)15-13(16)9-12-7-4-8-14-12/h10-12,14H,2-9H2,1H3,(H,15,16)/t10-,12?/m1/s1. The molecule has 1 heterocycles. The van der Waals surface area contributed by atoms with E-state index >= 15 is 0 Å². The van der Waals surface area contributed by atoms with E-state index in [1.165, 1.54) is 32.1 Å². The van der Waals surface area contributed by atoms with Crippen molar-refractivity contribution in [1.29, 1.82) is 0 Å². The van der Waals surface area contributed by atoms with Gasteiger partial charge in [-0.15, -0.1) is 0 Å². The predicted molar refractivity (Wildman–Crippen MR) is 65.2 cm³/mol. The SMILES string of the molecule is C[C@@H](NC(=O)CC1CCCN1)C1CCCC1. The first-order valence-electron chi connectivity index (χ1n) is 6.78. The second-order valence-corrected chi connectivity index (χ2v) is 5.40. The van der Waals surface area contributed by atoms with Crippen LogP contribution >= 0.6 is 0 Å². The van der Waals surface area contributed by atoms with Crippen LogP contribution in [0.4, 0.5) is 0 Å². The number of rotatable bonds is 4. The van der Waals surface area contributed by atoms with Crippen molar-refractivity contribution >= 4 is 5.91 Å². The number of hydrogen-bond acceptors (Lipinski definition) is 2. The fourth-order valence-electron chi connectivity index (χ4n) is 3.04. The monoisotopic (exact) mass is 224 g/mol. The van der Waals surface area contributed by atoms with Crippen molar-refractivity contribution in [2.45, 2.75) is 64.0 Å². The van der Waals surface area contributed by atoms with Crippen molar-refractivity contribution in [3.8, 4) is 0 Å². The highest BCUT2D eigenvalue weighted by atomic mass is 16.1. The lowest BCUT2D eigenvalue weighted by atomic mass is 9.99. The van der Waals surface area contributed by atoms with E-state index in [0.717, 1.165) is 18.9 Å². The largest absolute Gasteiger partial charge is 0.353 e. The van der Waals surface area contributed by atoms with Crippen LogP contribution in [-0.2, 0) is 4.79 Å². The summed E-state index contributed by atoms with van der Waals surface area (Å²) in [5.74, 6) is 0.958. The van der Waals surface area contributed by atoms with Crippen LogP contribution < -0.4 is 10.6 Å². The molecule has 2 aliphatic rings. The van der Waals surface area contributed by atoms with Gasteiger partial charge in [0.25, 0.3) is 0 Å². The third-order valence-electron chi connectivity index (χ3n) is 4.09. The maximum Gasteiger partial charge on any atom is 0.221 e. The summed E-state index contributed by atoms with van der Waals surface area (Å²) < 4.78 is 0. The Kier molecular flexibility index (Phi) is 4.22. The zero-order chi connectivity index (χ0) is 11.4. The molecule has 2 rings (SSSR count). The second kappa shape index (κ2) is 5.67. The number of nitrogens with one attached hydrogen (secondary N) is 2. The Morgan fingerprint density at radius 3 is 2.69 bits per heavy atom. The molecule has 0 aromatic rings. The normalized spacial score (nSPS) is 28.2. The van der Waals surface area contributed by atoms with Gasteiger partial charge in [-0.1, -0.05) is 12.8 Å². The van der Waals surface area contributed by atoms with Crippen LogP contribution in [0.1, 0.15) is 51.9 Å². The first-order chi connectivity index (χ1) is 7.75. The van der Waals surface area contributed by atoms with Crippen molar-refractivity contribution in [1.82, 2.24) is 10.6 Å². The minimum atomic E-state index is 0.235. The zero-order valence-corrected chi connectivity index (χ0v) is 10.3. The fourth-order valence-corrected chi connectivity index (χ4v) is 3.04. The average molecular weight is 224 g/mol. The Bertz CT molecular complexity index is 230. The van der Waals surface area contributed by atoms with Gasteiger partial charge in [-0.25, -0.2) is 0 Å². The quantitative estimate of drug-likeness (QED) is 0.765. The molecule has 0 aromatic carbocycles. The van der Waals surface area contributed by atoms with E-state index in [4.69, 9.17) is 0 Å². The average Bonchev–Trinajstić information content (AvgIpc) is 2.88. The molecule has 16 heavy (non-hydrogen) atoms. The summed E-state index contributed by atoms with van der Waals surface area (Å²) in [7, 11) is 0. The number of hydrogen-bond donors (Lipinski definition) is 2. The molecule has 1 aliphatic heterocycles. The molecular formula is C13H24N2O. The Hall–Kier alpha value is -0.570. The smallest absolute Gasteiger partial charge is 0.221 e. The van der Waals surface area contributed by atoms with Gasteiger partial charge >= 0.3 is 0 Å². The molecule has 2 atom stereocenters. The lowest BCUT2D eigenvalue weighted by Crippen LogP contribution is -2.40. The molecule has 0 aromatic heterocycles. The Morgan fingerprint density at radius 1 is 1.31 bits per heavy atom. The Morgan fingerprint density at radius 2 is 2.06 bits per heavy atom. The van der Waals surface area contributed by atoms with E-state index in [0.29, 0.717) is 18.5 Å². The molecule has 0 radical (unpaired) electrons. The molecule has 1 amide bonds. The first-order valence-corrected chi connectivity index (χ1v) is 6.78. The summed E-state index contributed by atoms with van der Waals surface area (Å²) >= 11 is 0. The predicted octanol–water partition coefficient (Wildman–Crippen LogP) is 1.82. The molecule has 2 fully saturated rings. The van der Waals surface area contributed by atoms with Gasteiger partial charge in [0.05, 0.1) is 0 Å². The molecule has 1 unspecified atom stereocenters. The van der Waals surface area contributed by atoms with E-state index in [2.05, 4.69) is 17.6 Å². The lowest BCUT2D eigenvalue weighted by molar-refractivity contribution is -0.122. The molecule has 3 nitrogen and oxygen atoms in total. The lowest BCUT2D eigenvalue weighted by Gasteiger charge is -2.21. The highest BCUT2D eigenvalue weighted by Crippen LogP contribution is 2.27. The summed E-state index contributed by atoms with van der Waals surface area (Å²) in [6.07, 6.45) is 8.31. The molecule has 1 aliphatic carbocycles. The highest BCUT2D eigenvalue weighted by molar-refractivity contribution is 5.76. The third kappa shape index (κ3) is 3.21. The zero-order valence-electron chi connectivity index (χ0n) is 10.3. The van der Waals surface area contributed by atoms with Crippen LogP contribution in [0, 0.1) is 5.92 Å². The van der Waals surface area contributed by atoms with Crippen LogP contribution in [0.15, 0.2) is 0 Å². The summed E-state index contributed by atoms with van der Waals surface area (Å²) in [5.41, 5.74) is 0. The Balaban J connectivity index is 1.68. The van der Waals surface area contributed by atoms with E-state index < -0.39 is 0 Å². The van der Waals surface area contributed by atoms with Gasteiger partial charge in [0.15, 0.2) is 0 Å². The van der Waals surface area contributed by atoms with Gasteiger partial charge in [-0.3, -0.25) is 4.79 Å². The molecule has 1 saturated carbocycles. The van der Waals surface area contributed by atoms with E-state index in [9.17, 15) is 4.79 Å². The molecule has 92 valence electrons. The van der Waals surface area contributed by atoms with Gasteiger partial charge in [-0.2, -0.15) is 0 Å². The molecule has 2 N–H and O–H groups in total. The van der Waals surface area contributed by atoms with Gasteiger partial charge in [0, 0.05) is 18.5 Å². The minimum Gasteiger partial charge on any atom is -0.353 e. The fraction of sp³-hybridized carbons (Fsp3) is 0.923. The topological polar surface area (TPSA) is 41.1 Å². The van der Waals surface area contributed by atoms with Crippen molar-refractivity contribution < 1.29 is 4.79 Å². The number of carbonyl (C=O) groups is 1. The second-order valence-electron chi connectivity index (χ2n) is 5.40. The van der Waals surface area contributed by atoms with E-state index in [-0.39, 0.29) is 5.91 Å². The van der Waals surface area contributed by atoms with Crippen LogP contribution in [0.5, 0.6) is 0 Å². The van der Waals surface area contributed by atoms with E-state index in [1.54, 1.807) is 0 Å². The van der Waals surface area contributed by atoms with Crippen LogP contribution in [-0.4, -0.2) is 24.5 Å². The summed E-state index contributed by atoms with van der Waals surface area (Å²) in [4.78, 5) is 11.8. The molecular weight excluding hydrogens is 200 g/mol. The summed E-state index contributed by atoms with van der Waals surface area (Å²) in [5, 5.41) is 6.54. The molecule has 0 spiro atoms. The van der Waals surface area contributed by atoms with Crippen molar-refractivity contribution in [2.24, 2.45) is 5.92 Å². The molecule has 0 bridgehead atoms. The third-order valence-corrected chi connectivity index (χ3v) is 4.09. The first kappa shape index (κ1) is 11.9.